The molecule has 0 bridgehead atoms. The van der Waals surface area contributed by atoms with Crippen LogP contribution >= 0.6 is 0 Å². The Balaban J connectivity index is 1.40. The maximum Gasteiger partial charge on any atom is 0.231 e. The van der Waals surface area contributed by atoms with Gasteiger partial charge in [-0.25, -0.2) is 0 Å². The van der Waals surface area contributed by atoms with E-state index in [-0.39, 0.29) is 32.0 Å². The predicted octanol–water partition coefficient (Wildman–Crippen LogP) is 4.53. The standard InChI is InChI=1S/C27H27NO6/c1-18(20-6-4-3-5-7-20)28(13-12-19-8-9-23-25(14-19)33-16-31-23)26(29)15-21-22(30-2)10-11-24-27(21)34-17-32-24/h3-11,14,18H,12-13,15-17H2,1-2H3/t18-/m1/s1. The van der Waals surface area contributed by atoms with E-state index in [1.54, 1.807) is 13.2 Å². The van der Waals surface area contributed by atoms with Crippen molar-refractivity contribution in [2.24, 2.45) is 0 Å². The molecule has 0 fully saturated rings. The number of nitrogens with zero attached hydrogens (tertiary/aromatic N) is 1. The smallest absolute Gasteiger partial charge is 0.231 e. The number of benzene rings is 3. The number of carbonyl (C=O) groups excluding carboxylic acids is 1. The van der Waals surface area contributed by atoms with Gasteiger partial charge in [0, 0.05) is 12.1 Å². The van der Waals surface area contributed by atoms with Gasteiger partial charge in [-0.2, -0.15) is 0 Å². The van der Waals surface area contributed by atoms with E-state index in [2.05, 4.69) is 6.92 Å². The Morgan fingerprint density at radius 1 is 0.941 bits per heavy atom. The molecular weight excluding hydrogens is 434 g/mol. The van der Waals surface area contributed by atoms with Crippen LogP contribution < -0.4 is 23.7 Å². The van der Waals surface area contributed by atoms with Gasteiger partial charge < -0.3 is 28.6 Å². The molecule has 2 aliphatic heterocycles. The first-order valence-corrected chi connectivity index (χ1v) is 11.3. The van der Waals surface area contributed by atoms with Gasteiger partial charge >= 0.3 is 0 Å². The van der Waals surface area contributed by atoms with Crippen molar-refractivity contribution >= 4 is 5.91 Å². The Morgan fingerprint density at radius 2 is 1.68 bits per heavy atom. The van der Waals surface area contributed by atoms with E-state index in [0.717, 1.165) is 22.6 Å². The van der Waals surface area contributed by atoms with Crippen LogP contribution in [0.2, 0.25) is 0 Å². The van der Waals surface area contributed by atoms with Crippen LogP contribution in [0.25, 0.3) is 0 Å². The topological polar surface area (TPSA) is 66.5 Å². The molecule has 2 aliphatic rings. The molecule has 0 saturated carbocycles. The highest BCUT2D eigenvalue weighted by molar-refractivity contribution is 5.81. The lowest BCUT2D eigenvalue weighted by molar-refractivity contribution is -0.132. The molecule has 3 aromatic rings. The Bertz CT molecular complexity index is 1180. The average Bonchev–Trinajstić information content (AvgIpc) is 3.54. The van der Waals surface area contributed by atoms with Crippen LogP contribution in [0.5, 0.6) is 28.7 Å². The van der Waals surface area contributed by atoms with Gasteiger partial charge in [-0.05, 0) is 48.7 Å². The molecule has 34 heavy (non-hydrogen) atoms. The minimum atomic E-state index is -0.109. The molecule has 3 aromatic carbocycles. The van der Waals surface area contributed by atoms with E-state index in [1.807, 2.05) is 59.5 Å². The van der Waals surface area contributed by atoms with Crippen LogP contribution in [0.15, 0.2) is 60.7 Å². The molecule has 1 amide bonds. The zero-order chi connectivity index (χ0) is 23.5. The van der Waals surface area contributed by atoms with E-state index in [1.165, 1.54) is 0 Å². The van der Waals surface area contributed by atoms with Crippen LogP contribution in [0, 0.1) is 0 Å². The molecule has 0 N–H and O–H groups in total. The lowest BCUT2D eigenvalue weighted by Gasteiger charge is -2.30. The molecule has 176 valence electrons. The van der Waals surface area contributed by atoms with E-state index < -0.39 is 0 Å². The second-order valence-corrected chi connectivity index (χ2v) is 8.27. The molecular formula is C27H27NO6. The highest BCUT2D eigenvalue weighted by atomic mass is 16.7. The number of amides is 1. The van der Waals surface area contributed by atoms with Gasteiger partial charge in [-0.1, -0.05) is 36.4 Å². The highest BCUT2D eigenvalue weighted by Crippen LogP contribution is 2.41. The van der Waals surface area contributed by atoms with Gasteiger partial charge in [-0.15, -0.1) is 0 Å². The number of methoxy groups -OCH3 is 1. The number of ether oxygens (including phenoxy) is 5. The summed E-state index contributed by atoms with van der Waals surface area (Å²) in [5, 5.41) is 0. The fraction of sp³-hybridized carbons (Fsp3) is 0.296. The lowest BCUT2D eigenvalue weighted by Crippen LogP contribution is -2.36. The summed E-state index contributed by atoms with van der Waals surface area (Å²) in [5.41, 5.74) is 2.86. The first kappa shape index (κ1) is 21.9. The van der Waals surface area contributed by atoms with E-state index in [9.17, 15) is 4.79 Å². The summed E-state index contributed by atoms with van der Waals surface area (Å²) >= 11 is 0. The van der Waals surface area contributed by atoms with Crippen molar-refractivity contribution in [3.05, 3.63) is 77.4 Å². The van der Waals surface area contributed by atoms with Crippen molar-refractivity contribution < 1.29 is 28.5 Å². The third-order valence-electron chi connectivity index (χ3n) is 6.30. The molecule has 7 heteroatoms. The molecule has 7 nitrogen and oxygen atoms in total. The van der Waals surface area contributed by atoms with Gasteiger partial charge in [-0.3, -0.25) is 4.79 Å². The van der Waals surface area contributed by atoms with Crippen LogP contribution in [0.1, 0.15) is 29.7 Å². The predicted molar refractivity (Wildman–Crippen MR) is 126 cm³/mol. The van der Waals surface area contributed by atoms with Gasteiger partial charge in [0.15, 0.2) is 23.0 Å². The average molecular weight is 462 g/mol. The zero-order valence-electron chi connectivity index (χ0n) is 19.3. The van der Waals surface area contributed by atoms with Gasteiger partial charge in [0.05, 0.1) is 19.6 Å². The third-order valence-corrected chi connectivity index (χ3v) is 6.30. The minimum absolute atomic E-state index is 0.0145. The molecule has 0 aliphatic carbocycles. The summed E-state index contributed by atoms with van der Waals surface area (Å²) in [7, 11) is 1.59. The maximum atomic E-state index is 13.7. The highest BCUT2D eigenvalue weighted by Gasteiger charge is 2.28. The van der Waals surface area contributed by atoms with Crippen molar-refractivity contribution in [1.82, 2.24) is 4.90 Å². The Kier molecular flexibility index (Phi) is 6.16. The quantitative estimate of drug-likeness (QED) is 0.491. The molecule has 0 spiro atoms. The maximum absolute atomic E-state index is 13.7. The Labute approximate surface area is 198 Å². The van der Waals surface area contributed by atoms with Crippen LogP contribution in [0.4, 0.5) is 0 Å². The monoisotopic (exact) mass is 461 g/mol. The SMILES string of the molecule is COc1ccc2c(c1CC(=O)N(CCc1ccc3c(c1)OCO3)[C@H](C)c1ccccc1)OCO2. The first-order chi connectivity index (χ1) is 16.6. The fourth-order valence-corrected chi connectivity index (χ4v) is 4.42. The third kappa shape index (κ3) is 4.33. The van der Waals surface area contributed by atoms with Crippen molar-refractivity contribution in [2.45, 2.75) is 25.8 Å². The number of rotatable bonds is 8. The largest absolute Gasteiger partial charge is 0.496 e. The fourth-order valence-electron chi connectivity index (χ4n) is 4.42. The molecule has 0 unspecified atom stereocenters. The van der Waals surface area contributed by atoms with Crippen molar-refractivity contribution in [3.8, 4) is 28.7 Å². The molecule has 5 rings (SSSR count). The van der Waals surface area contributed by atoms with Crippen molar-refractivity contribution in [1.29, 1.82) is 0 Å². The normalized spacial score (nSPS) is 14.1. The second kappa shape index (κ2) is 9.55. The second-order valence-electron chi connectivity index (χ2n) is 8.27. The Hall–Kier alpha value is -3.87. The van der Waals surface area contributed by atoms with E-state index >= 15 is 0 Å². The summed E-state index contributed by atoms with van der Waals surface area (Å²) in [4.78, 5) is 15.6. The zero-order valence-corrected chi connectivity index (χ0v) is 19.3. The minimum Gasteiger partial charge on any atom is -0.496 e. The van der Waals surface area contributed by atoms with Crippen LogP contribution in [-0.4, -0.2) is 38.0 Å². The van der Waals surface area contributed by atoms with Gasteiger partial charge in [0.25, 0.3) is 0 Å². The summed E-state index contributed by atoms with van der Waals surface area (Å²) < 4.78 is 27.7. The van der Waals surface area contributed by atoms with Crippen molar-refractivity contribution in [3.63, 3.8) is 0 Å². The number of hydrogen-bond donors (Lipinski definition) is 0. The number of fused-ring (bicyclic) bond motifs is 2. The number of hydrogen-bond acceptors (Lipinski definition) is 6. The van der Waals surface area contributed by atoms with E-state index in [0.29, 0.717) is 35.8 Å². The summed E-state index contributed by atoms with van der Waals surface area (Å²) in [6.45, 7) is 2.98. The molecule has 0 radical (unpaired) electrons. The van der Waals surface area contributed by atoms with Crippen LogP contribution in [-0.2, 0) is 17.6 Å². The lowest BCUT2D eigenvalue weighted by atomic mass is 10.0. The summed E-state index contributed by atoms with van der Waals surface area (Å²) in [6, 6.07) is 19.5. The molecule has 1 atom stereocenters. The summed E-state index contributed by atoms with van der Waals surface area (Å²) in [5.74, 6) is 3.30. The Morgan fingerprint density at radius 3 is 2.50 bits per heavy atom. The molecule has 2 heterocycles. The van der Waals surface area contributed by atoms with E-state index in [4.69, 9.17) is 23.7 Å². The van der Waals surface area contributed by atoms with Crippen LogP contribution in [0.3, 0.4) is 0 Å². The van der Waals surface area contributed by atoms with Crippen molar-refractivity contribution in [2.75, 3.05) is 27.2 Å². The summed E-state index contributed by atoms with van der Waals surface area (Å²) in [6.07, 6.45) is 0.831. The van der Waals surface area contributed by atoms with Gasteiger partial charge in [0.1, 0.15) is 5.75 Å². The number of carbonyl (C=O) groups is 1. The van der Waals surface area contributed by atoms with Gasteiger partial charge in [0.2, 0.25) is 19.5 Å². The first-order valence-electron chi connectivity index (χ1n) is 11.3. The molecule has 0 saturated heterocycles. The molecule has 0 aromatic heterocycles.